The van der Waals surface area contributed by atoms with Gasteiger partial charge in [0.1, 0.15) is 5.76 Å². The third-order valence-corrected chi connectivity index (χ3v) is 5.15. The Labute approximate surface area is 131 Å². The minimum atomic E-state index is -2.91. The number of aliphatic imine (C=N–C) groups is 1. The van der Waals surface area contributed by atoms with Gasteiger partial charge >= 0.3 is 0 Å². The molecule has 22 heavy (non-hydrogen) atoms. The first kappa shape index (κ1) is 16.8. The van der Waals surface area contributed by atoms with E-state index < -0.39 is 9.84 Å². The van der Waals surface area contributed by atoms with Crippen LogP contribution >= 0.6 is 0 Å². The first-order chi connectivity index (χ1) is 10.6. The van der Waals surface area contributed by atoms with Gasteiger partial charge < -0.3 is 19.8 Å². The predicted octanol–water partition coefficient (Wildman–Crippen LogP) is 0.191. The highest BCUT2D eigenvalue weighted by Crippen LogP contribution is 2.11. The first-order valence-electron chi connectivity index (χ1n) is 7.35. The average molecular weight is 329 g/mol. The van der Waals surface area contributed by atoms with Crippen LogP contribution in [0.1, 0.15) is 12.2 Å². The van der Waals surface area contributed by atoms with Gasteiger partial charge in [-0.05, 0) is 18.6 Å². The summed E-state index contributed by atoms with van der Waals surface area (Å²) in [7, 11) is -1.29. The Bertz CT molecular complexity index is 569. The Hall–Kier alpha value is -1.54. The van der Waals surface area contributed by atoms with Crippen molar-refractivity contribution >= 4 is 15.8 Å². The van der Waals surface area contributed by atoms with Crippen LogP contribution in [0.5, 0.6) is 0 Å². The SMILES string of the molecule is COCCN=C(NCCc1ccco1)NC1CCS(=O)(=O)C1. The molecule has 8 heteroatoms. The number of furan rings is 1. The molecule has 0 spiro atoms. The molecule has 1 aromatic rings. The molecule has 1 aliphatic heterocycles. The molecule has 2 N–H and O–H groups in total. The summed E-state index contributed by atoms with van der Waals surface area (Å²) in [6.07, 6.45) is 3.00. The standard InChI is InChI=1S/C14H23N3O4S/c1-20-9-7-16-14(15-6-4-13-3-2-8-21-13)17-12-5-10-22(18,19)11-12/h2-3,8,12H,4-7,9-11H2,1H3,(H2,15,16,17). The number of sulfone groups is 1. The van der Waals surface area contributed by atoms with E-state index in [1.165, 1.54) is 0 Å². The topological polar surface area (TPSA) is 92.9 Å². The van der Waals surface area contributed by atoms with Gasteiger partial charge in [-0.15, -0.1) is 0 Å². The molecule has 124 valence electrons. The highest BCUT2D eigenvalue weighted by molar-refractivity contribution is 7.91. The summed E-state index contributed by atoms with van der Waals surface area (Å²) >= 11 is 0. The van der Waals surface area contributed by atoms with Crippen molar-refractivity contribution in [2.24, 2.45) is 4.99 Å². The van der Waals surface area contributed by atoms with E-state index in [9.17, 15) is 8.42 Å². The van der Waals surface area contributed by atoms with Crippen LogP contribution in [0.4, 0.5) is 0 Å². The quantitative estimate of drug-likeness (QED) is 0.421. The van der Waals surface area contributed by atoms with Crippen LogP contribution in [0.25, 0.3) is 0 Å². The monoisotopic (exact) mass is 329 g/mol. The summed E-state index contributed by atoms with van der Waals surface area (Å²) in [5, 5.41) is 6.38. The molecule has 1 aliphatic rings. The number of rotatable bonds is 7. The van der Waals surface area contributed by atoms with Crippen LogP contribution in [-0.4, -0.2) is 58.7 Å². The maximum absolute atomic E-state index is 11.5. The molecule has 0 radical (unpaired) electrons. The van der Waals surface area contributed by atoms with Gasteiger partial charge in [0.15, 0.2) is 15.8 Å². The molecule has 1 unspecified atom stereocenters. The summed E-state index contributed by atoms with van der Waals surface area (Å²) in [5.41, 5.74) is 0. The lowest BCUT2D eigenvalue weighted by Crippen LogP contribution is -2.44. The van der Waals surface area contributed by atoms with Crippen molar-refractivity contribution in [2.45, 2.75) is 18.9 Å². The van der Waals surface area contributed by atoms with Crippen LogP contribution < -0.4 is 10.6 Å². The maximum atomic E-state index is 11.5. The molecule has 1 aromatic heterocycles. The lowest BCUT2D eigenvalue weighted by atomic mass is 10.3. The largest absolute Gasteiger partial charge is 0.469 e. The van der Waals surface area contributed by atoms with Gasteiger partial charge in [0, 0.05) is 26.1 Å². The van der Waals surface area contributed by atoms with Crippen molar-refractivity contribution < 1.29 is 17.6 Å². The second kappa shape index (κ2) is 8.19. The van der Waals surface area contributed by atoms with E-state index in [1.54, 1.807) is 13.4 Å². The molecular weight excluding hydrogens is 306 g/mol. The van der Waals surface area contributed by atoms with Crippen molar-refractivity contribution in [3.05, 3.63) is 24.2 Å². The number of hydrogen-bond donors (Lipinski definition) is 2. The van der Waals surface area contributed by atoms with Gasteiger partial charge in [-0.3, -0.25) is 4.99 Å². The molecule has 1 fully saturated rings. The number of nitrogens with zero attached hydrogens (tertiary/aromatic N) is 1. The molecule has 0 bridgehead atoms. The van der Waals surface area contributed by atoms with E-state index in [1.807, 2.05) is 12.1 Å². The van der Waals surface area contributed by atoms with Crippen molar-refractivity contribution in [2.75, 3.05) is 38.3 Å². The summed E-state index contributed by atoms with van der Waals surface area (Å²) in [5.74, 6) is 1.91. The number of methoxy groups -OCH3 is 1. The molecule has 7 nitrogen and oxygen atoms in total. The van der Waals surface area contributed by atoms with E-state index in [4.69, 9.17) is 9.15 Å². The first-order valence-corrected chi connectivity index (χ1v) is 9.18. The third kappa shape index (κ3) is 5.69. The molecule has 0 amide bonds. The molecular formula is C14H23N3O4S. The van der Waals surface area contributed by atoms with E-state index in [2.05, 4.69) is 15.6 Å². The Morgan fingerprint density at radius 2 is 2.41 bits per heavy atom. The summed E-state index contributed by atoms with van der Waals surface area (Å²) in [6.45, 7) is 1.70. The zero-order valence-electron chi connectivity index (χ0n) is 12.7. The van der Waals surface area contributed by atoms with Crippen molar-refractivity contribution in [1.29, 1.82) is 0 Å². The minimum Gasteiger partial charge on any atom is -0.469 e. The molecule has 2 heterocycles. The summed E-state index contributed by atoms with van der Waals surface area (Å²) in [6, 6.07) is 3.69. The maximum Gasteiger partial charge on any atom is 0.191 e. The van der Waals surface area contributed by atoms with Gasteiger partial charge in [-0.25, -0.2) is 8.42 Å². The predicted molar refractivity (Wildman–Crippen MR) is 84.8 cm³/mol. The zero-order valence-corrected chi connectivity index (χ0v) is 13.6. The highest BCUT2D eigenvalue weighted by Gasteiger charge is 2.28. The molecule has 0 saturated carbocycles. The fourth-order valence-electron chi connectivity index (χ4n) is 2.26. The number of guanidine groups is 1. The smallest absolute Gasteiger partial charge is 0.191 e. The Kier molecular flexibility index (Phi) is 6.26. The summed E-state index contributed by atoms with van der Waals surface area (Å²) in [4.78, 5) is 4.39. The molecule has 1 saturated heterocycles. The lowest BCUT2D eigenvalue weighted by Gasteiger charge is -2.16. The van der Waals surface area contributed by atoms with Gasteiger partial charge in [0.05, 0.1) is 30.9 Å². The van der Waals surface area contributed by atoms with Gasteiger partial charge in [0.2, 0.25) is 0 Å². The Balaban J connectivity index is 1.84. The molecule has 0 aliphatic carbocycles. The van der Waals surface area contributed by atoms with Crippen molar-refractivity contribution in [3.63, 3.8) is 0 Å². The second-order valence-electron chi connectivity index (χ2n) is 5.22. The second-order valence-corrected chi connectivity index (χ2v) is 7.45. The normalized spacial score (nSPS) is 21.0. The highest BCUT2D eigenvalue weighted by atomic mass is 32.2. The summed E-state index contributed by atoms with van der Waals surface area (Å²) < 4.78 is 33.3. The fourth-order valence-corrected chi connectivity index (χ4v) is 3.94. The van der Waals surface area contributed by atoms with Gasteiger partial charge in [-0.1, -0.05) is 0 Å². The van der Waals surface area contributed by atoms with Crippen molar-refractivity contribution in [1.82, 2.24) is 10.6 Å². The molecule has 2 rings (SSSR count). The van der Waals surface area contributed by atoms with Crippen LogP contribution in [0, 0.1) is 0 Å². The van der Waals surface area contributed by atoms with Crippen molar-refractivity contribution in [3.8, 4) is 0 Å². The van der Waals surface area contributed by atoms with E-state index in [0.717, 1.165) is 12.2 Å². The number of ether oxygens (including phenoxy) is 1. The average Bonchev–Trinajstić information content (AvgIpc) is 3.08. The van der Waals surface area contributed by atoms with E-state index in [-0.39, 0.29) is 17.5 Å². The Morgan fingerprint density at radius 1 is 1.55 bits per heavy atom. The molecule has 0 aromatic carbocycles. The van der Waals surface area contributed by atoms with Crippen LogP contribution in [0.15, 0.2) is 27.8 Å². The fraction of sp³-hybridized carbons (Fsp3) is 0.643. The number of hydrogen-bond acceptors (Lipinski definition) is 5. The van der Waals surface area contributed by atoms with E-state index >= 15 is 0 Å². The lowest BCUT2D eigenvalue weighted by molar-refractivity contribution is 0.208. The Morgan fingerprint density at radius 3 is 3.05 bits per heavy atom. The van der Waals surface area contributed by atoms with Crippen LogP contribution in [0.2, 0.25) is 0 Å². The minimum absolute atomic E-state index is 0.0811. The molecule has 1 atom stereocenters. The van der Waals surface area contributed by atoms with Crippen LogP contribution in [0.3, 0.4) is 0 Å². The zero-order chi connectivity index (χ0) is 15.8. The van der Waals surface area contributed by atoms with Gasteiger partial charge in [0.25, 0.3) is 0 Å². The van der Waals surface area contributed by atoms with Crippen LogP contribution in [-0.2, 0) is 21.0 Å². The van der Waals surface area contributed by atoms with Gasteiger partial charge in [-0.2, -0.15) is 0 Å². The number of nitrogens with one attached hydrogen (secondary N) is 2. The van der Waals surface area contributed by atoms with E-state index in [0.29, 0.717) is 32.1 Å². The third-order valence-electron chi connectivity index (χ3n) is 3.38.